The van der Waals surface area contributed by atoms with Gasteiger partial charge in [-0.3, -0.25) is 4.79 Å². The van der Waals surface area contributed by atoms with E-state index >= 15 is 0 Å². The predicted molar refractivity (Wildman–Crippen MR) is 91.1 cm³/mol. The molecule has 0 unspecified atom stereocenters. The number of benzene rings is 1. The number of alkyl halides is 3. The highest BCUT2D eigenvalue weighted by atomic mass is 32.2. The van der Waals surface area contributed by atoms with E-state index in [-0.39, 0.29) is 43.3 Å². The molecule has 5 nitrogen and oxygen atoms in total. The summed E-state index contributed by atoms with van der Waals surface area (Å²) in [5.74, 6) is -0.384. The average molecular weight is 390 g/mol. The number of amides is 1. The third-order valence-corrected chi connectivity index (χ3v) is 5.80. The number of halogens is 3. The molecule has 1 aliphatic rings. The lowest BCUT2D eigenvalue weighted by molar-refractivity contribution is -0.132. The number of nitrogens with zero attached hydrogens (tertiary/aromatic N) is 1. The third kappa shape index (κ3) is 5.07. The van der Waals surface area contributed by atoms with Crippen molar-refractivity contribution in [1.82, 2.24) is 9.62 Å². The van der Waals surface area contributed by atoms with Crippen molar-refractivity contribution in [2.45, 2.75) is 37.8 Å². The van der Waals surface area contributed by atoms with Crippen molar-refractivity contribution in [3.63, 3.8) is 0 Å². The van der Waals surface area contributed by atoms with Crippen molar-refractivity contribution < 1.29 is 26.4 Å². The monoisotopic (exact) mass is 390 g/mol. The number of aryl methyl sites for hydroxylation is 2. The van der Waals surface area contributed by atoms with Gasteiger partial charge in [0.15, 0.2) is 0 Å². The maximum Gasteiger partial charge on any atom is 0.412 e. The van der Waals surface area contributed by atoms with Crippen LogP contribution in [0.5, 0.6) is 0 Å². The van der Waals surface area contributed by atoms with Gasteiger partial charge in [-0.1, -0.05) is 12.1 Å². The number of carbonyl (C=O) groups excluding carboxylic acids is 1. The molecular weight excluding hydrogens is 369 g/mol. The molecule has 1 N–H and O–H groups in total. The van der Waals surface area contributed by atoms with Crippen molar-refractivity contribution in [2.75, 3.05) is 19.6 Å². The molecule has 26 heavy (non-hydrogen) atoms. The lowest BCUT2D eigenvalue weighted by Crippen LogP contribution is -2.38. The van der Waals surface area contributed by atoms with Crippen LogP contribution in [0.2, 0.25) is 0 Å². The highest BCUT2D eigenvalue weighted by Gasteiger charge is 2.35. The highest BCUT2D eigenvalue weighted by Crippen LogP contribution is 2.30. The fourth-order valence-corrected chi connectivity index (χ4v) is 3.68. The van der Waals surface area contributed by atoms with E-state index in [0.29, 0.717) is 0 Å². The quantitative estimate of drug-likeness (QED) is 0.786. The van der Waals surface area contributed by atoms with Crippen molar-refractivity contribution >= 4 is 15.9 Å². The second-order valence-electron chi connectivity index (χ2n) is 6.21. The Morgan fingerprint density at radius 3 is 2.46 bits per heavy atom. The van der Waals surface area contributed by atoms with Crippen LogP contribution < -0.4 is 4.72 Å². The molecular formula is C17H21F3N2O3S. The number of hydrogen-bond acceptors (Lipinski definition) is 3. The van der Waals surface area contributed by atoms with Crippen LogP contribution in [0.1, 0.15) is 24.0 Å². The maximum atomic E-state index is 12.6. The lowest BCUT2D eigenvalue weighted by Gasteiger charge is -2.27. The van der Waals surface area contributed by atoms with Gasteiger partial charge in [-0.2, -0.15) is 13.2 Å². The van der Waals surface area contributed by atoms with Crippen LogP contribution in [0.3, 0.4) is 0 Å². The number of nitrogens with one attached hydrogen (secondary N) is 1. The first kappa shape index (κ1) is 20.4. The van der Waals surface area contributed by atoms with Crippen molar-refractivity contribution in [3.05, 3.63) is 41.0 Å². The Hall–Kier alpha value is -1.87. The van der Waals surface area contributed by atoms with E-state index in [4.69, 9.17) is 0 Å². The Morgan fingerprint density at radius 1 is 1.23 bits per heavy atom. The minimum atomic E-state index is -4.36. The van der Waals surface area contributed by atoms with Crippen molar-refractivity contribution in [3.8, 4) is 0 Å². The fourth-order valence-electron chi connectivity index (χ4n) is 2.57. The Bertz CT molecular complexity index is 817. The van der Waals surface area contributed by atoms with Crippen LogP contribution in [0, 0.1) is 13.8 Å². The van der Waals surface area contributed by atoms with Crippen LogP contribution in [0.15, 0.2) is 34.7 Å². The molecule has 0 atom stereocenters. The van der Waals surface area contributed by atoms with Gasteiger partial charge in [-0.15, -0.1) is 0 Å². The topological polar surface area (TPSA) is 66.5 Å². The van der Waals surface area contributed by atoms with Gasteiger partial charge in [-0.05, 0) is 43.5 Å². The maximum absolute atomic E-state index is 12.6. The van der Waals surface area contributed by atoms with Crippen LogP contribution in [-0.4, -0.2) is 45.0 Å². The zero-order chi connectivity index (χ0) is 19.5. The summed E-state index contributed by atoms with van der Waals surface area (Å²) in [6.45, 7) is 3.43. The van der Waals surface area contributed by atoms with E-state index in [2.05, 4.69) is 4.72 Å². The van der Waals surface area contributed by atoms with Gasteiger partial charge in [0, 0.05) is 31.6 Å². The Kier molecular flexibility index (Phi) is 6.13. The average Bonchev–Trinajstić information content (AvgIpc) is 2.56. The molecule has 0 aliphatic carbocycles. The molecule has 1 aliphatic heterocycles. The zero-order valence-corrected chi connectivity index (χ0v) is 15.4. The first-order valence-electron chi connectivity index (χ1n) is 8.11. The smallest absolute Gasteiger partial charge is 0.339 e. The lowest BCUT2D eigenvalue weighted by atomic mass is 10.1. The van der Waals surface area contributed by atoms with E-state index in [1.165, 1.54) is 11.0 Å². The molecule has 0 fully saturated rings. The van der Waals surface area contributed by atoms with Gasteiger partial charge in [-0.25, -0.2) is 13.1 Å². The van der Waals surface area contributed by atoms with E-state index < -0.39 is 21.8 Å². The van der Waals surface area contributed by atoms with Gasteiger partial charge in [0.25, 0.3) is 0 Å². The Balaban J connectivity index is 1.88. The Labute approximate surface area is 150 Å². The highest BCUT2D eigenvalue weighted by molar-refractivity contribution is 7.89. The standard InChI is InChI=1S/C17H21F3N2O3S/c1-12-3-4-15(11-13(12)2)26(24,25)21-8-5-16(23)22-9-6-14(7-10-22)17(18,19)20/h3-4,6,11,21H,5,7-10H2,1-2H3. The van der Waals surface area contributed by atoms with Gasteiger partial charge in [0.05, 0.1) is 4.90 Å². The predicted octanol–water partition coefficient (Wildman–Crippen LogP) is 2.69. The minimum absolute atomic E-state index is 0.0198. The summed E-state index contributed by atoms with van der Waals surface area (Å²) >= 11 is 0. The van der Waals surface area contributed by atoms with Crippen molar-refractivity contribution in [1.29, 1.82) is 0 Å². The molecule has 0 spiro atoms. The van der Waals surface area contributed by atoms with Crippen molar-refractivity contribution in [2.24, 2.45) is 0 Å². The first-order valence-corrected chi connectivity index (χ1v) is 9.60. The molecule has 1 amide bonds. The number of hydrogen-bond donors (Lipinski definition) is 1. The third-order valence-electron chi connectivity index (χ3n) is 4.35. The van der Waals surface area contributed by atoms with Crippen LogP contribution in [0.4, 0.5) is 13.2 Å². The fraction of sp³-hybridized carbons (Fsp3) is 0.471. The molecule has 0 bridgehead atoms. The van der Waals surface area contributed by atoms with Gasteiger partial charge >= 0.3 is 6.18 Å². The molecule has 0 aromatic heterocycles. The molecule has 144 valence electrons. The molecule has 2 rings (SSSR count). The van der Waals surface area contributed by atoms with Gasteiger partial charge in [0.2, 0.25) is 15.9 Å². The summed E-state index contributed by atoms with van der Waals surface area (Å²) in [5, 5.41) is 0. The molecule has 0 radical (unpaired) electrons. The van der Waals surface area contributed by atoms with Crippen LogP contribution in [-0.2, 0) is 14.8 Å². The summed E-state index contributed by atoms with van der Waals surface area (Å²) < 4.78 is 64.5. The summed E-state index contributed by atoms with van der Waals surface area (Å²) in [4.78, 5) is 13.5. The van der Waals surface area contributed by atoms with E-state index in [0.717, 1.165) is 17.2 Å². The summed E-state index contributed by atoms with van der Waals surface area (Å²) in [7, 11) is -3.74. The normalized spacial score (nSPS) is 15.7. The summed E-state index contributed by atoms with van der Waals surface area (Å²) in [5.41, 5.74) is 1.18. The molecule has 0 saturated heterocycles. The minimum Gasteiger partial charge on any atom is -0.339 e. The second-order valence-corrected chi connectivity index (χ2v) is 7.98. The van der Waals surface area contributed by atoms with E-state index in [1.54, 1.807) is 19.1 Å². The largest absolute Gasteiger partial charge is 0.412 e. The molecule has 9 heteroatoms. The van der Waals surface area contributed by atoms with Gasteiger partial charge in [0.1, 0.15) is 0 Å². The summed E-state index contributed by atoms with van der Waals surface area (Å²) in [6, 6.07) is 4.74. The molecule has 1 aromatic rings. The Morgan fingerprint density at radius 2 is 1.92 bits per heavy atom. The van der Waals surface area contributed by atoms with Gasteiger partial charge < -0.3 is 4.90 Å². The van der Waals surface area contributed by atoms with Crippen LogP contribution >= 0.6 is 0 Å². The zero-order valence-electron chi connectivity index (χ0n) is 14.6. The van der Waals surface area contributed by atoms with E-state index in [1.807, 2.05) is 6.92 Å². The number of rotatable bonds is 5. The SMILES string of the molecule is Cc1ccc(S(=O)(=O)NCCC(=O)N2CC=C(C(F)(F)F)CC2)cc1C. The first-order chi connectivity index (χ1) is 12.0. The second kappa shape index (κ2) is 7.79. The van der Waals surface area contributed by atoms with E-state index in [9.17, 15) is 26.4 Å². The summed E-state index contributed by atoms with van der Waals surface area (Å²) in [6.07, 6.45) is -3.72. The van der Waals surface area contributed by atoms with Crippen LogP contribution in [0.25, 0.3) is 0 Å². The molecule has 0 saturated carbocycles. The molecule has 1 heterocycles. The molecule has 1 aromatic carbocycles. The number of carbonyl (C=O) groups is 1. The number of sulfonamides is 1.